The Morgan fingerprint density at radius 1 is 1.29 bits per heavy atom. The Labute approximate surface area is 180 Å². The maximum atomic E-state index is 12.8. The molecule has 1 aromatic heterocycles. The number of aromatic nitrogens is 1. The van der Waals surface area contributed by atoms with Crippen LogP contribution in [0.1, 0.15) is 43.6 Å². The van der Waals surface area contributed by atoms with Crippen molar-refractivity contribution in [2.24, 2.45) is 5.92 Å². The van der Waals surface area contributed by atoms with Crippen molar-refractivity contribution in [3.05, 3.63) is 18.0 Å². The standard InChI is InChI=1S/C21H28N2O8/c1-12-8-15(29-9-14-4-5-14)10-28-11-16(21(26)30-12)23-20(25)18-19(31-13(2)24)17(27-3)6-7-22-18/h6-7,12,14-16H,4-5,8-11H2,1-3H3,(H,23,25)/t12-,15+,16-/m0/s1. The maximum absolute atomic E-state index is 12.8. The molecule has 1 aromatic rings. The Kier molecular flexibility index (Phi) is 7.80. The lowest BCUT2D eigenvalue weighted by atomic mass is 10.2. The Morgan fingerprint density at radius 2 is 2.06 bits per heavy atom. The number of nitrogens with one attached hydrogen (secondary N) is 1. The van der Waals surface area contributed by atoms with Crippen molar-refractivity contribution in [3.8, 4) is 11.5 Å². The molecule has 3 atom stereocenters. The minimum Gasteiger partial charge on any atom is -0.493 e. The normalized spacial score (nSPS) is 24.2. The third-order valence-electron chi connectivity index (χ3n) is 4.90. The topological polar surface area (TPSA) is 122 Å². The van der Waals surface area contributed by atoms with Crippen LogP contribution in [0.2, 0.25) is 0 Å². The molecule has 0 bridgehead atoms. The Bertz CT molecular complexity index is 811. The second kappa shape index (κ2) is 10.5. The molecule has 31 heavy (non-hydrogen) atoms. The molecule has 0 radical (unpaired) electrons. The Hall–Kier alpha value is -2.72. The van der Waals surface area contributed by atoms with E-state index in [0.717, 1.165) is 0 Å². The number of carbonyl (C=O) groups excluding carboxylic acids is 3. The highest BCUT2D eigenvalue weighted by Gasteiger charge is 2.31. The van der Waals surface area contributed by atoms with Crippen molar-refractivity contribution in [1.82, 2.24) is 10.3 Å². The summed E-state index contributed by atoms with van der Waals surface area (Å²) in [4.78, 5) is 40.8. The highest BCUT2D eigenvalue weighted by Crippen LogP contribution is 2.30. The van der Waals surface area contributed by atoms with Gasteiger partial charge in [-0.05, 0) is 25.7 Å². The SMILES string of the molecule is COc1ccnc(C(=O)N[C@H]2COC[C@H](OCC3CC3)C[C@H](C)OC2=O)c1OC(C)=O. The lowest BCUT2D eigenvalue weighted by Crippen LogP contribution is -2.45. The second-order valence-electron chi connectivity index (χ2n) is 7.73. The predicted octanol–water partition coefficient (Wildman–Crippen LogP) is 1.26. The van der Waals surface area contributed by atoms with E-state index in [-0.39, 0.29) is 36.5 Å². The van der Waals surface area contributed by atoms with Crippen LogP contribution in [0.4, 0.5) is 0 Å². The first kappa shape index (κ1) is 23.0. The number of amides is 1. The van der Waals surface area contributed by atoms with E-state index in [0.29, 0.717) is 18.9 Å². The minimum atomic E-state index is -1.06. The molecule has 10 heteroatoms. The fraction of sp³-hybridized carbons (Fsp3) is 0.619. The van der Waals surface area contributed by atoms with Crippen molar-refractivity contribution in [3.63, 3.8) is 0 Å². The number of cyclic esters (lactones) is 1. The number of hydrogen-bond acceptors (Lipinski definition) is 9. The molecule has 1 N–H and O–H groups in total. The molecule has 1 aliphatic heterocycles. The predicted molar refractivity (Wildman–Crippen MR) is 107 cm³/mol. The average Bonchev–Trinajstić information content (AvgIpc) is 3.54. The van der Waals surface area contributed by atoms with Gasteiger partial charge in [0.1, 0.15) is 6.10 Å². The molecule has 2 heterocycles. The van der Waals surface area contributed by atoms with E-state index >= 15 is 0 Å². The third-order valence-corrected chi connectivity index (χ3v) is 4.90. The number of carbonyl (C=O) groups is 3. The van der Waals surface area contributed by atoms with E-state index in [1.807, 2.05) is 0 Å². The van der Waals surface area contributed by atoms with Gasteiger partial charge in [-0.25, -0.2) is 9.78 Å². The minimum absolute atomic E-state index is 0.0898. The van der Waals surface area contributed by atoms with Crippen molar-refractivity contribution in [1.29, 1.82) is 0 Å². The van der Waals surface area contributed by atoms with Gasteiger partial charge >= 0.3 is 11.9 Å². The van der Waals surface area contributed by atoms with Crippen LogP contribution in [0.15, 0.2) is 12.3 Å². The Balaban J connectivity index is 1.68. The van der Waals surface area contributed by atoms with Crippen LogP contribution in [-0.2, 0) is 23.8 Å². The summed E-state index contributed by atoms with van der Waals surface area (Å²) < 4.78 is 27.3. The number of ether oxygens (including phenoxy) is 5. The quantitative estimate of drug-likeness (QED) is 0.629. The molecule has 10 nitrogen and oxygen atoms in total. The van der Waals surface area contributed by atoms with Crippen LogP contribution >= 0.6 is 0 Å². The molecular formula is C21H28N2O8. The van der Waals surface area contributed by atoms with Crippen LogP contribution in [0.3, 0.4) is 0 Å². The molecule has 170 valence electrons. The molecule has 1 amide bonds. The molecule has 1 saturated carbocycles. The lowest BCUT2D eigenvalue weighted by molar-refractivity contribution is -0.151. The van der Waals surface area contributed by atoms with E-state index in [4.69, 9.17) is 23.7 Å². The first-order chi connectivity index (χ1) is 14.9. The summed E-state index contributed by atoms with van der Waals surface area (Å²) in [6.07, 6.45) is 3.62. The van der Waals surface area contributed by atoms with Crippen LogP contribution in [0.25, 0.3) is 0 Å². The maximum Gasteiger partial charge on any atom is 0.331 e. The molecule has 2 fully saturated rings. The van der Waals surface area contributed by atoms with Crippen molar-refractivity contribution in [2.45, 2.75) is 51.4 Å². The summed E-state index contributed by atoms with van der Waals surface area (Å²) >= 11 is 0. The highest BCUT2D eigenvalue weighted by molar-refractivity contribution is 5.98. The lowest BCUT2D eigenvalue weighted by Gasteiger charge is -2.20. The third kappa shape index (κ3) is 6.63. The van der Waals surface area contributed by atoms with Crippen LogP contribution < -0.4 is 14.8 Å². The molecular weight excluding hydrogens is 408 g/mol. The van der Waals surface area contributed by atoms with E-state index in [1.165, 1.54) is 39.1 Å². The number of pyridine rings is 1. The van der Waals surface area contributed by atoms with Gasteiger partial charge in [0.2, 0.25) is 5.75 Å². The smallest absolute Gasteiger partial charge is 0.331 e. The van der Waals surface area contributed by atoms with Gasteiger partial charge in [-0.15, -0.1) is 0 Å². The summed E-state index contributed by atoms with van der Waals surface area (Å²) in [7, 11) is 1.37. The summed E-state index contributed by atoms with van der Waals surface area (Å²) in [5, 5.41) is 2.55. The molecule has 1 aliphatic carbocycles. The number of hydrogen-bond donors (Lipinski definition) is 1. The van der Waals surface area contributed by atoms with Gasteiger partial charge in [-0.2, -0.15) is 0 Å². The molecule has 3 rings (SSSR count). The molecule has 0 spiro atoms. The van der Waals surface area contributed by atoms with Crippen molar-refractivity contribution < 1.29 is 38.1 Å². The molecule has 0 aromatic carbocycles. The van der Waals surface area contributed by atoms with Crippen LogP contribution in [0, 0.1) is 5.92 Å². The summed E-state index contributed by atoms with van der Waals surface area (Å²) in [6, 6.07) is 0.394. The first-order valence-electron chi connectivity index (χ1n) is 10.3. The van der Waals surface area contributed by atoms with Gasteiger partial charge in [0.15, 0.2) is 17.5 Å². The molecule has 0 unspecified atom stereocenters. The fourth-order valence-electron chi connectivity index (χ4n) is 3.15. The molecule has 1 saturated heterocycles. The first-order valence-corrected chi connectivity index (χ1v) is 10.3. The zero-order valence-corrected chi connectivity index (χ0v) is 17.9. The van der Waals surface area contributed by atoms with Gasteiger partial charge in [0.25, 0.3) is 5.91 Å². The zero-order chi connectivity index (χ0) is 22.4. The molecule has 2 aliphatic rings. The van der Waals surface area contributed by atoms with Gasteiger partial charge < -0.3 is 29.0 Å². The number of esters is 2. The number of nitrogens with zero attached hydrogens (tertiary/aromatic N) is 1. The number of rotatable bonds is 7. The zero-order valence-electron chi connectivity index (χ0n) is 17.9. The van der Waals surface area contributed by atoms with E-state index in [1.54, 1.807) is 6.92 Å². The second-order valence-corrected chi connectivity index (χ2v) is 7.73. The van der Waals surface area contributed by atoms with E-state index < -0.39 is 30.0 Å². The number of methoxy groups -OCH3 is 1. The van der Waals surface area contributed by atoms with Gasteiger partial charge in [0.05, 0.1) is 26.4 Å². The van der Waals surface area contributed by atoms with Gasteiger partial charge in [-0.1, -0.05) is 0 Å². The summed E-state index contributed by atoms with van der Waals surface area (Å²) in [5.41, 5.74) is -0.194. The van der Waals surface area contributed by atoms with Gasteiger partial charge in [-0.3, -0.25) is 9.59 Å². The van der Waals surface area contributed by atoms with Crippen molar-refractivity contribution >= 4 is 17.8 Å². The van der Waals surface area contributed by atoms with Gasteiger partial charge in [0, 0.05) is 32.2 Å². The average molecular weight is 436 g/mol. The highest BCUT2D eigenvalue weighted by atomic mass is 16.6. The van der Waals surface area contributed by atoms with Crippen molar-refractivity contribution in [2.75, 3.05) is 26.9 Å². The van der Waals surface area contributed by atoms with Crippen LogP contribution in [0.5, 0.6) is 11.5 Å². The van der Waals surface area contributed by atoms with Crippen LogP contribution in [-0.4, -0.2) is 68.0 Å². The monoisotopic (exact) mass is 436 g/mol. The fourth-order valence-corrected chi connectivity index (χ4v) is 3.15. The summed E-state index contributed by atoms with van der Waals surface area (Å²) in [6.45, 7) is 3.84. The largest absolute Gasteiger partial charge is 0.493 e. The summed E-state index contributed by atoms with van der Waals surface area (Å²) in [5.74, 6) is -1.35. The van der Waals surface area contributed by atoms with E-state index in [9.17, 15) is 14.4 Å². The van der Waals surface area contributed by atoms with E-state index in [2.05, 4.69) is 10.3 Å². The Morgan fingerprint density at radius 3 is 2.74 bits per heavy atom.